The number of likely N-dealkylation sites (tertiary alicyclic amines) is 1. The molecule has 2 amide bonds. The van der Waals surface area contributed by atoms with Crippen LogP contribution >= 0.6 is 0 Å². The van der Waals surface area contributed by atoms with Crippen LogP contribution in [-0.2, 0) is 6.54 Å². The van der Waals surface area contributed by atoms with Crippen LogP contribution in [0.3, 0.4) is 0 Å². The van der Waals surface area contributed by atoms with Gasteiger partial charge in [0.1, 0.15) is 0 Å². The summed E-state index contributed by atoms with van der Waals surface area (Å²) >= 11 is 0. The second-order valence-electron chi connectivity index (χ2n) is 6.35. The average molecular weight is 303 g/mol. The van der Waals surface area contributed by atoms with Gasteiger partial charge >= 0.3 is 6.03 Å². The number of carbonyl (C=O) groups excluding carboxylic acids is 1. The monoisotopic (exact) mass is 303 g/mol. The predicted molar refractivity (Wildman–Crippen MR) is 90.8 cm³/mol. The Morgan fingerprint density at radius 1 is 1.23 bits per heavy atom. The third-order valence-electron chi connectivity index (χ3n) is 4.22. The second kappa shape index (κ2) is 9.46. The molecule has 2 N–H and O–H groups in total. The largest absolute Gasteiger partial charge is 0.338 e. The van der Waals surface area contributed by atoms with E-state index in [1.807, 2.05) is 30.3 Å². The van der Waals surface area contributed by atoms with Gasteiger partial charge in [0.15, 0.2) is 0 Å². The molecule has 0 spiro atoms. The van der Waals surface area contributed by atoms with Gasteiger partial charge in [-0.1, -0.05) is 37.3 Å². The maximum atomic E-state index is 11.7. The van der Waals surface area contributed by atoms with Gasteiger partial charge < -0.3 is 15.5 Å². The maximum absolute atomic E-state index is 11.7. The number of nitrogens with zero attached hydrogens (tertiary/aromatic N) is 1. The smallest absolute Gasteiger partial charge is 0.315 e. The molecule has 0 saturated carbocycles. The molecule has 0 unspecified atom stereocenters. The highest BCUT2D eigenvalue weighted by Crippen LogP contribution is 2.15. The summed E-state index contributed by atoms with van der Waals surface area (Å²) in [6.45, 7) is 7.32. The van der Waals surface area contributed by atoms with Gasteiger partial charge in [0, 0.05) is 19.6 Å². The van der Waals surface area contributed by atoms with Gasteiger partial charge in [0.05, 0.1) is 0 Å². The Morgan fingerprint density at radius 3 is 2.82 bits per heavy atom. The van der Waals surface area contributed by atoms with E-state index in [-0.39, 0.29) is 6.03 Å². The van der Waals surface area contributed by atoms with Crippen LogP contribution in [0.4, 0.5) is 4.79 Å². The Balaban J connectivity index is 1.48. The molecule has 122 valence electrons. The van der Waals surface area contributed by atoms with Crippen LogP contribution in [0.25, 0.3) is 0 Å². The topological polar surface area (TPSA) is 44.4 Å². The Hall–Kier alpha value is -1.55. The minimum Gasteiger partial charge on any atom is -0.338 e. The van der Waals surface area contributed by atoms with Crippen LogP contribution in [0.5, 0.6) is 0 Å². The highest BCUT2D eigenvalue weighted by molar-refractivity contribution is 5.73. The molecule has 0 aliphatic carbocycles. The van der Waals surface area contributed by atoms with E-state index in [1.165, 1.54) is 25.9 Å². The van der Waals surface area contributed by atoms with Gasteiger partial charge in [0.2, 0.25) is 0 Å². The SMILES string of the molecule is C[C@@H]1CCCN(CCCCNC(=O)NCc2ccccc2)C1. The van der Waals surface area contributed by atoms with Gasteiger partial charge in [-0.2, -0.15) is 0 Å². The molecule has 1 atom stereocenters. The number of piperidine rings is 1. The average Bonchev–Trinajstić information content (AvgIpc) is 2.54. The zero-order chi connectivity index (χ0) is 15.6. The van der Waals surface area contributed by atoms with Crippen LogP contribution < -0.4 is 10.6 Å². The Labute approximate surface area is 134 Å². The van der Waals surface area contributed by atoms with Crippen molar-refractivity contribution in [3.05, 3.63) is 35.9 Å². The second-order valence-corrected chi connectivity index (χ2v) is 6.35. The van der Waals surface area contributed by atoms with Crippen LogP contribution in [0, 0.1) is 5.92 Å². The zero-order valence-electron chi connectivity index (χ0n) is 13.7. The van der Waals surface area contributed by atoms with Crippen LogP contribution in [0.15, 0.2) is 30.3 Å². The van der Waals surface area contributed by atoms with Crippen molar-refractivity contribution < 1.29 is 4.79 Å². The van der Waals surface area contributed by atoms with E-state index < -0.39 is 0 Å². The minimum atomic E-state index is -0.0737. The summed E-state index contributed by atoms with van der Waals surface area (Å²) in [7, 11) is 0. The first-order valence-corrected chi connectivity index (χ1v) is 8.52. The van der Waals surface area contributed by atoms with Gasteiger partial charge in [-0.15, -0.1) is 0 Å². The molecule has 1 saturated heterocycles. The number of benzene rings is 1. The van der Waals surface area contributed by atoms with E-state index in [4.69, 9.17) is 0 Å². The molecule has 0 aromatic heterocycles. The fraction of sp³-hybridized carbons (Fsp3) is 0.611. The van der Waals surface area contributed by atoms with Gasteiger partial charge in [0.25, 0.3) is 0 Å². The van der Waals surface area contributed by atoms with Crippen molar-refractivity contribution in [3.8, 4) is 0 Å². The normalized spacial score (nSPS) is 18.9. The Kier molecular flexibility index (Phi) is 7.23. The number of unbranched alkanes of at least 4 members (excludes halogenated alkanes) is 1. The van der Waals surface area contributed by atoms with Gasteiger partial charge in [-0.25, -0.2) is 4.79 Å². The van der Waals surface area contributed by atoms with E-state index in [1.54, 1.807) is 0 Å². The predicted octanol–water partition coefficient (Wildman–Crippen LogP) is 3.00. The van der Waals surface area contributed by atoms with E-state index >= 15 is 0 Å². The molecule has 4 heteroatoms. The fourth-order valence-electron chi connectivity index (χ4n) is 2.99. The highest BCUT2D eigenvalue weighted by atomic mass is 16.2. The highest BCUT2D eigenvalue weighted by Gasteiger charge is 2.15. The maximum Gasteiger partial charge on any atom is 0.315 e. The molecule has 0 radical (unpaired) electrons. The van der Waals surface area contributed by atoms with Crippen molar-refractivity contribution in [1.82, 2.24) is 15.5 Å². The number of nitrogens with one attached hydrogen (secondary N) is 2. The lowest BCUT2D eigenvalue weighted by atomic mass is 10.0. The van der Waals surface area contributed by atoms with E-state index in [9.17, 15) is 4.79 Å². The lowest BCUT2D eigenvalue weighted by molar-refractivity contribution is 0.181. The molecule has 1 aliphatic rings. The molecule has 2 rings (SSSR count). The van der Waals surface area contributed by atoms with E-state index in [0.717, 1.165) is 37.4 Å². The van der Waals surface area contributed by atoms with Crippen LogP contribution in [0.2, 0.25) is 0 Å². The molecular formula is C18H29N3O. The number of hydrogen-bond acceptors (Lipinski definition) is 2. The molecule has 4 nitrogen and oxygen atoms in total. The third-order valence-corrected chi connectivity index (χ3v) is 4.22. The number of hydrogen-bond donors (Lipinski definition) is 2. The lowest BCUT2D eigenvalue weighted by Crippen LogP contribution is -2.37. The lowest BCUT2D eigenvalue weighted by Gasteiger charge is -2.30. The first-order chi connectivity index (χ1) is 10.7. The quantitative estimate of drug-likeness (QED) is 0.761. The number of carbonyl (C=O) groups is 1. The van der Waals surface area contributed by atoms with Crippen LogP contribution in [-0.4, -0.2) is 37.1 Å². The van der Waals surface area contributed by atoms with Crippen molar-refractivity contribution in [1.29, 1.82) is 0 Å². The molecule has 1 aliphatic heterocycles. The molecule has 1 aromatic carbocycles. The summed E-state index contributed by atoms with van der Waals surface area (Å²) in [5.41, 5.74) is 1.12. The standard InChI is InChI=1S/C18H29N3O/c1-16-8-7-13-21(15-16)12-6-5-11-19-18(22)20-14-17-9-3-2-4-10-17/h2-4,9-10,16H,5-8,11-15H2,1H3,(H2,19,20,22)/t16-/m1/s1. The zero-order valence-corrected chi connectivity index (χ0v) is 13.7. The first kappa shape index (κ1) is 16.8. The van der Waals surface area contributed by atoms with Crippen molar-refractivity contribution in [2.24, 2.45) is 5.92 Å². The van der Waals surface area contributed by atoms with Crippen molar-refractivity contribution in [2.75, 3.05) is 26.2 Å². The molecule has 1 fully saturated rings. The molecule has 1 heterocycles. The van der Waals surface area contributed by atoms with Crippen molar-refractivity contribution in [3.63, 3.8) is 0 Å². The van der Waals surface area contributed by atoms with Crippen LogP contribution in [0.1, 0.15) is 38.2 Å². The van der Waals surface area contributed by atoms with Crippen molar-refractivity contribution >= 4 is 6.03 Å². The molecular weight excluding hydrogens is 274 g/mol. The Bertz CT molecular complexity index is 435. The van der Waals surface area contributed by atoms with E-state index in [2.05, 4.69) is 22.5 Å². The Morgan fingerprint density at radius 2 is 2.05 bits per heavy atom. The molecule has 22 heavy (non-hydrogen) atoms. The van der Waals surface area contributed by atoms with Crippen molar-refractivity contribution in [2.45, 2.75) is 39.2 Å². The summed E-state index contributed by atoms with van der Waals surface area (Å²) in [6, 6.07) is 9.90. The van der Waals surface area contributed by atoms with Gasteiger partial charge in [-0.05, 0) is 50.3 Å². The van der Waals surface area contributed by atoms with E-state index in [0.29, 0.717) is 6.54 Å². The molecule has 1 aromatic rings. The summed E-state index contributed by atoms with van der Waals surface area (Å²) in [5.74, 6) is 0.843. The number of amides is 2. The number of rotatable bonds is 7. The summed E-state index contributed by atoms with van der Waals surface area (Å²) in [4.78, 5) is 14.3. The number of urea groups is 1. The minimum absolute atomic E-state index is 0.0737. The third kappa shape index (κ3) is 6.48. The summed E-state index contributed by atoms with van der Waals surface area (Å²) in [5, 5.41) is 5.82. The first-order valence-electron chi connectivity index (χ1n) is 8.52. The fourth-order valence-corrected chi connectivity index (χ4v) is 2.99. The molecule has 0 bridgehead atoms. The summed E-state index contributed by atoms with van der Waals surface area (Å²) < 4.78 is 0. The summed E-state index contributed by atoms with van der Waals surface area (Å²) in [6.07, 6.45) is 4.91. The van der Waals surface area contributed by atoms with Gasteiger partial charge in [-0.3, -0.25) is 0 Å².